The Kier molecular flexibility index (Phi) is 21.9. The summed E-state index contributed by atoms with van der Waals surface area (Å²) < 4.78 is 16.4. The molecule has 0 bridgehead atoms. The number of carbonyl (C=O) groups is 3. The molecule has 0 aromatic heterocycles. The molecule has 6 unspecified atom stereocenters. The summed E-state index contributed by atoms with van der Waals surface area (Å²) in [6.07, 6.45) is 3.24. The lowest BCUT2D eigenvalue weighted by Gasteiger charge is -2.42. The Morgan fingerprint density at radius 2 is 1.47 bits per heavy atom. The molecule has 15 heteroatoms. The van der Waals surface area contributed by atoms with Crippen LogP contribution in [0.3, 0.4) is 0 Å². The number of unbranched alkanes of at least 4 members (excludes halogenated alkanes) is 3. The van der Waals surface area contributed by atoms with Gasteiger partial charge in [-0.15, -0.1) is 0 Å². The molecule has 0 saturated carbocycles. The second-order valence-corrected chi connectivity index (χ2v) is 11.9. The van der Waals surface area contributed by atoms with Gasteiger partial charge < -0.3 is 50.6 Å². The van der Waals surface area contributed by atoms with Gasteiger partial charge in [-0.2, -0.15) is 0 Å². The molecule has 0 aromatic carbocycles. The Morgan fingerprint density at radius 1 is 0.822 bits per heavy atom. The van der Waals surface area contributed by atoms with Gasteiger partial charge in [-0.1, -0.05) is 19.8 Å². The number of alkyl carbamates (subject to hydrolysis) is 1. The number of amides is 3. The van der Waals surface area contributed by atoms with Crippen LogP contribution in [0.4, 0.5) is 4.79 Å². The van der Waals surface area contributed by atoms with E-state index < -0.39 is 49.3 Å². The Labute approximate surface area is 266 Å². The van der Waals surface area contributed by atoms with E-state index in [2.05, 4.69) is 27.8 Å². The minimum absolute atomic E-state index is 0.0125. The van der Waals surface area contributed by atoms with Crippen LogP contribution in [0.2, 0.25) is 0 Å². The molecular formula is C30H57N3O12. The number of rotatable bonds is 25. The zero-order chi connectivity index (χ0) is 33.5. The standard InChI is InChI=1S/C30H57N3O12/c1-22(36)33-25-27(39)26(38)23(21-35)45-28(25)42-18-7-11-24(37)31-15-5-3-4-6-16-32-29(40)43-19-9-13-30(2,12-8-17-34)14-10-20-44-41/h23,25-28,34-35,38-39,41H,3-21H2,1-2H3,(H,31,37)(H,32,40)(H,33,36). The smallest absolute Gasteiger partial charge is 0.407 e. The van der Waals surface area contributed by atoms with Crippen LogP contribution in [0.1, 0.15) is 90.9 Å². The summed E-state index contributed by atoms with van der Waals surface area (Å²) in [5.41, 5.74) is -0.0125. The van der Waals surface area contributed by atoms with Crippen molar-refractivity contribution in [1.29, 1.82) is 0 Å². The highest BCUT2D eigenvalue weighted by molar-refractivity contribution is 5.75. The van der Waals surface area contributed by atoms with E-state index in [-0.39, 0.29) is 37.6 Å². The summed E-state index contributed by atoms with van der Waals surface area (Å²) in [5, 5.41) is 55.5. The van der Waals surface area contributed by atoms with Gasteiger partial charge in [0, 0.05) is 33.0 Å². The van der Waals surface area contributed by atoms with Crippen LogP contribution >= 0.6 is 0 Å². The lowest BCUT2D eigenvalue weighted by Crippen LogP contribution is -2.64. The summed E-state index contributed by atoms with van der Waals surface area (Å²) in [4.78, 5) is 39.7. The summed E-state index contributed by atoms with van der Waals surface area (Å²) in [7, 11) is 0. The highest BCUT2D eigenvalue weighted by atomic mass is 17.1. The minimum atomic E-state index is -1.39. The van der Waals surface area contributed by atoms with E-state index in [1.165, 1.54) is 6.92 Å². The fourth-order valence-corrected chi connectivity index (χ4v) is 5.31. The lowest BCUT2D eigenvalue weighted by atomic mass is 9.77. The average Bonchev–Trinajstić information content (AvgIpc) is 3.01. The predicted molar refractivity (Wildman–Crippen MR) is 163 cm³/mol. The van der Waals surface area contributed by atoms with Crippen molar-refractivity contribution < 1.29 is 59.2 Å². The number of ether oxygens (including phenoxy) is 3. The van der Waals surface area contributed by atoms with Gasteiger partial charge in [0.2, 0.25) is 11.8 Å². The first kappa shape index (κ1) is 40.9. The van der Waals surface area contributed by atoms with Gasteiger partial charge in [0.15, 0.2) is 6.29 Å². The molecule has 15 nitrogen and oxygen atoms in total. The fraction of sp³-hybridized carbons (Fsp3) is 0.900. The van der Waals surface area contributed by atoms with Crippen LogP contribution < -0.4 is 16.0 Å². The molecule has 45 heavy (non-hydrogen) atoms. The van der Waals surface area contributed by atoms with E-state index in [1.54, 1.807) is 0 Å². The van der Waals surface area contributed by atoms with Crippen molar-refractivity contribution in [2.24, 2.45) is 5.41 Å². The van der Waals surface area contributed by atoms with E-state index in [0.717, 1.165) is 51.4 Å². The predicted octanol–water partition coefficient (Wildman–Crippen LogP) is 0.959. The summed E-state index contributed by atoms with van der Waals surface area (Å²) in [5.74, 6) is -0.577. The monoisotopic (exact) mass is 651 g/mol. The normalized spacial score (nSPS) is 22.8. The zero-order valence-corrected chi connectivity index (χ0v) is 26.9. The maximum absolute atomic E-state index is 12.1. The summed E-state index contributed by atoms with van der Waals surface area (Å²) in [6.45, 7) is 4.71. The molecule has 1 aliphatic rings. The number of aliphatic hydroxyl groups excluding tert-OH is 4. The van der Waals surface area contributed by atoms with Gasteiger partial charge in [-0.25, -0.2) is 9.68 Å². The molecule has 0 aliphatic carbocycles. The maximum atomic E-state index is 12.1. The molecule has 1 heterocycles. The van der Waals surface area contributed by atoms with Crippen LogP contribution in [0, 0.1) is 5.41 Å². The average molecular weight is 652 g/mol. The van der Waals surface area contributed by atoms with Crippen molar-refractivity contribution >= 4 is 17.9 Å². The molecule has 1 fully saturated rings. The third kappa shape index (κ3) is 18.0. The highest BCUT2D eigenvalue weighted by Gasteiger charge is 2.45. The van der Waals surface area contributed by atoms with E-state index >= 15 is 0 Å². The van der Waals surface area contributed by atoms with Crippen molar-refractivity contribution in [3.8, 4) is 0 Å². The molecule has 0 radical (unpaired) electrons. The molecule has 6 atom stereocenters. The van der Waals surface area contributed by atoms with Crippen molar-refractivity contribution in [3.05, 3.63) is 0 Å². The molecule has 1 saturated heterocycles. The van der Waals surface area contributed by atoms with E-state index in [0.29, 0.717) is 39.0 Å². The molecule has 264 valence electrons. The lowest BCUT2D eigenvalue weighted by molar-refractivity contribution is -0.270. The van der Waals surface area contributed by atoms with Gasteiger partial charge in [0.05, 0.1) is 26.4 Å². The van der Waals surface area contributed by atoms with Gasteiger partial charge in [-0.05, 0) is 63.2 Å². The van der Waals surface area contributed by atoms with Gasteiger partial charge >= 0.3 is 6.09 Å². The van der Waals surface area contributed by atoms with Gasteiger partial charge in [0.1, 0.15) is 24.4 Å². The molecule has 8 N–H and O–H groups in total. The Balaban J connectivity index is 2.09. The second kappa shape index (κ2) is 24.1. The number of hydrogen-bond donors (Lipinski definition) is 8. The maximum Gasteiger partial charge on any atom is 0.407 e. The van der Waals surface area contributed by atoms with Crippen LogP contribution in [0.5, 0.6) is 0 Å². The number of hydrogen-bond acceptors (Lipinski definition) is 12. The van der Waals surface area contributed by atoms with Crippen molar-refractivity contribution in [3.63, 3.8) is 0 Å². The third-order valence-electron chi connectivity index (χ3n) is 7.89. The first-order valence-electron chi connectivity index (χ1n) is 16.1. The Bertz CT molecular complexity index is 823. The first-order valence-corrected chi connectivity index (χ1v) is 16.1. The fourth-order valence-electron chi connectivity index (χ4n) is 5.31. The van der Waals surface area contributed by atoms with Crippen LogP contribution in [-0.4, -0.2) is 120 Å². The quantitative estimate of drug-likeness (QED) is 0.0393. The largest absolute Gasteiger partial charge is 0.450 e. The minimum Gasteiger partial charge on any atom is -0.450 e. The zero-order valence-electron chi connectivity index (χ0n) is 26.9. The van der Waals surface area contributed by atoms with Gasteiger partial charge in [-0.3, -0.25) is 14.8 Å². The molecule has 1 rings (SSSR count). The molecular weight excluding hydrogens is 594 g/mol. The topological polar surface area (TPSA) is 225 Å². The number of carbonyl (C=O) groups excluding carboxylic acids is 3. The first-order chi connectivity index (χ1) is 21.6. The third-order valence-corrected chi connectivity index (χ3v) is 7.89. The van der Waals surface area contributed by atoms with E-state index in [1.807, 2.05) is 0 Å². The van der Waals surface area contributed by atoms with Crippen molar-refractivity contribution in [2.45, 2.75) is 122 Å². The van der Waals surface area contributed by atoms with Crippen LogP contribution in [0.15, 0.2) is 0 Å². The van der Waals surface area contributed by atoms with E-state index in [4.69, 9.17) is 24.6 Å². The highest BCUT2D eigenvalue weighted by Crippen LogP contribution is 2.34. The van der Waals surface area contributed by atoms with Crippen LogP contribution in [-0.2, 0) is 28.7 Å². The second-order valence-electron chi connectivity index (χ2n) is 11.9. The van der Waals surface area contributed by atoms with E-state index in [9.17, 15) is 29.7 Å². The molecule has 0 spiro atoms. The SMILES string of the molecule is CC(=O)NC1C(OCCCC(=O)NCCCCCCNC(=O)OCCCC(C)(CCCO)CCCOO)OC(CO)C(O)C1O. The molecule has 0 aromatic rings. The molecule has 1 aliphatic heterocycles. The summed E-state index contributed by atoms with van der Waals surface area (Å²) >= 11 is 0. The number of nitrogens with one attached hydrogen (secondary N) is 3. The number of aliphatic hydroxyl groups is 4. The summed E-state index contributed by atoms with van der Waals surface area (Å²) in [6, 6.07) is -1.02. The Hall–Kier alpha value is -2.11. The Morgan fingerprint density at radius 3 is 2.09 bits per heavy atom. The van der Waals surface area contributed by atoms with Crippen molar-refractivity contribution in [1.82, 2.24) is 16.0 Å². The van der Waals surface area contributed by atoms with Crippen LogP contribution in [0.25, 0.3) is 0 Å². The molecule has 3 amide bonds. The van der Waals surface area contributed by atoms with Crippen molar-refractivity contribution in [2.75, 3.05) is 46.1 Å². The van der Waals surface area contributed by atoms with Gasteiger partial charge in [0.25, 0.3) is 0 Å².